The van der Waals surface area contributed by atoms with Gasteiger partial charge < -0.3 is 9.64 Å². The summed E-state index contributed by atoms with van der Waals surface area (Å²) in [6.45, 7) is 2.03. The third-order valence-electron chi connectivity index (χ3n) is 4.03. The van der Waals surface area contributed by atoms with Gasteiger partial charge in [-0.2, -0.15) is 0 Å². The van der Waals surface area contributed by atoms with Crippen LogP contribution in [0.5, 0.6) is 5.88 Å². The number of amides is 1. The molecule has 2 aromatic heterocycles. The topological polar surface area (TPSA) is 55.3 Å². The number of fused-ring (bicyclic) bond motifs is 2. The largest absolute Gasteiger partial charge is 0.467 e. The van der Waals surface area contributed by atoms with Gasteiger partial charge in [0.15, 0.2) is 6.61 Å². The Morgan fingerprint density at radius 2 is 2.22 bits per heavy atom. The Balaban J connectivity index is 1.54. The van der Waals surface area contributed by atoms with Crippen LogP contribution in [0.3, 0.4) is 0 Å². The van der Waals surface area contributed by atoms with Gasteiger partial charge in [-0.3, -0.25) is 4.79 Å². The van der Waals surface area contributed by atoms with E-state index < -0.39 is 0 Å². The lowest BCUT2D eigenvalue weighted by atomic mass is 10.1. The van der Waals surface area contributed by atoms with Crippen LogP contribution in [-0.4, -0.2) is 28.5 Å². The second-order valence-corrected chi connectivity index (χ2v) is 6.45. The first kappa shape index (κ1) is 14.1. The van der Waals surface area contributed by atoms with Crippen molar-refractivity contribution in [2.75, 3.05) is 11.5 Å². The highest BCUT2D eigenvalue weighted by Gasteiger charge is 2.30. The molecule has 1 aromatic carbocycles. The SMILES string of the molecule is C[C@H]1Cc2ccccc2N1C(=O)COc1ncnc2sccc12. The number of hydrogen-bond acceptors (Lipinski definition) is 5. The van der Waals surface area contributed by atoms with Crippen LogP contribution in [0.1, 0.15) is 12.5 Å². The van der Waals surface area contributed by atoms with Gasteiger partial charge in [0.1, 0.15) is 11.2 Å². The third kappa shape index (κ3) is 2.45. The maximum absolute atomic E-state index is 12.6. The van der Waals surface area contributed by atoms with Crippen molar-refractivity contribution < 1.29 is 9.53 Å². The van der Waals surface area contributed by atoms with Crippen molar-refractivity contribution in [3.63, 3.8) is 0 Å². The minimum absolute atomic E-state index is 0.0271. The molecule has 23 heavy (non-hydrogen) atoms. The first-order valence-electron chi connectivity index (χ1n) is 7.45. The Hall–Kier alpha value is -2.47. The second-order valence-electron chi connectivity index (χ2n) is 5.55. The summed E-state index contributed by atoms with van der Waals surface area (Å²) < 4.78 is 5.68. The number of hydrogen-bond donors (Lipinski definition) is 0. The summed E-state index contributed by atoms with van der Waals surface area (Å²) in [4.78, 5) is 23.6. The first-order valence-corrected chi connectivity index (χ1v) is 8.33. The van der Waals surface area contributed by atoms with Crippen LogP contribution in [0.15, 0.2) is 42.0 Å². The molecule has 0 unspecified atom stereocenters. The number of benzene rings is 1. The third-order valence-corrected chi connectivity index (χ3v) is 4.85. The molecule has 4 rings (SSSR count). The van der Waals surface area contributed by atoms with E-state index in [9.17, 15) is 4.79 Å². The smallest absolute Gasteiger partial charge is 0.265 e. The zero-order valence-electron chi connectivity index (χ0n) is 12.6. The van der Waals surface area contributed by atoms with Crippen molar-refractivity contribution in [1.82, 2.24) is 9.97 Å². The molecular weight excluding hydrogens is 310 g/mol. The van der Waals surface area contributed by atoms with Gasteiger partial charge in [0, 0.05) is 11.7 Å². The lowest BCUT2D eigenvalue weighted by Gasteiger charge is -2.22. The highest BCUT2D eigenvalue weighted by molar-refractivity contribution is 7.16. The van der Waals surface area contributed by atoms with E-state index in [0.717, 1.165) is 22.3 Å². The molecule has 0 saturated heterocycles. The Morgan fingerprint density at radius 3 is 3.13 bits per heavy atom. The second kappa shape index (κ2) is 5.62. The van der Waals surface area contributed by atoms with E-state index >= 15 is 0 Å². The molecule has 116 valence electrons. The molecule has 0 bridgehead atoms. The van der Waals surface area contributed by atoms with Crippen molar-refractivity contribution in [2.24, 2.45) is 0 Å². The number of carbonyl (C=O) groups is 1. The zero-order valence-corrected chi connectivity index (χ0v) is 13.4. The number of para-hydroxylation sites is 1. The van der Waals surface area contributed by atoms with E-state index in [0.29, 0.717) is 5.88 Å². The molecule has 0 spiro atoms. The summed E-state index contributed by atoms with van der Waals surface area (Å²) in [5, 5.41) is 2.78. The number of rotatable bonds is 3. The van der Waals surface area contributed by atoms with Gasteiger partial charge in [-0.1, -0.05) is 18.2 Å². The Bertz CT molecular complexity index is 877. The number of anilines is 1. The van der Waals surface area contributed by atoms with Gasteiger partial charge in [-0.05, 0) is 36.4 Å². The number of carbonyl (C=O) groups excluding carboxylic acids is 1. The fourth-order valence-electron chi connectivity index (χ4n) is 3.03. The lowest BCUT2D eigenvalue weighted by molar-refractivity contribution is -0.120. The first-order chi connectivity index (χ1) is 11.2. The van der Waals surface area contributed by atoms with Crippen molar-refractivity contribution in [3.8, 4) is 5.88 Å². The summed E-state index contributed by atoms with van der Waals surface area (Å²) in [6.07, 6.45) is 2.34. The van der Waals surface area contributed by atoms with Crippen molar-refractivity contribution >= 4 is 33.1 Å². The van der Waals surface area contributed by atoms with Crippen LogP contribution >= 0.6 is 11.3 Å². The monoisotopic (exact) mass is 325 g/mol. The van der Waals surface area contributed by atoms with Crippen LogP contribution in [0.2, 0.25) is 0 Å². The van der Waals surface area contributed by atoms with Crippen LogP contribution in [0, 0.1) is 0 Å². The molecule has 3 heterocycles. The highest BCUT2D eigenvalue weighted by Crippen LogP contribution is 2.32. The van der Waals surface area contributed by atoms with E-state index in [2.05, 4.69) is 23.0 Å². The quantitative estimate of drug-likeness (QED) is 0.743. The molecule has 1 atom stereocenters. The van der Waals surface area contributed by atoms with Crippen molar-refractivity contribution in [3.05, 3.63) is 47.6 Å². The molecule has 5 nitrogen and oxygen atoms in total. The van der Waals surface area contributed by atoms with E-state index in [-0.39, 0.29) is 18.6 Å². The molecule has 6 heteroatoms. The fraction of sp³-hybridized carbons (Fsp3) is 0.235. The van der Waals surface area contributed by atoms with Crippen LogP contribution in [0.4, 0.5) is 5.69 Å². The molecular formula is C17H15N3O2S. The van der Waals surface area contributed by atoms with Gasteiger partial charge in [0.25, 0.3) is 5.91 Å². The summed E-state index contributed by atoms with van der Waals surface area (Å²) >= 11 is 1.53. The highest BCUT2D eigenvalue weighted by atomic mass is 32.1. The average molecular weight is 325 g/mol. The molecule has 0 radical (unpaired) electrons. The van der Waals surface area contributed by atoms with Gasteiger partial charge >= 0.3 is 0 Å². The molecule has 1 amide bonds. The number of aromatic nitrogens is 2. The van der Waals surface area contributed by atoms with Gasteiger partial charge in [0.2, 0.25) is 5.88 Å². The maximum Gasteiger partial charge on any atom is 0.265 e. The molecule has 0 saturated carbocycles. The minimum atomic E-state index is -0.0514. The number of ether oxygens (including phenoxy) is 1. The molecule has 0 N–H and O–H groups in total. The fourth-order valence-corrected chi connectivity index (χ4v) is 3.75. The Morgan fingerprint density at radius 1 is 1.35 bits per heavy atom. The maximum atomic E-state index is 12.6. The van der Waals surface area contributed by atoms with E-state index in [1.54, 1.807) is 0 Å². The number of thiophene rings is 1. The van der Waals surface area contributed by atoms with Gasteiger partial charge in [0.05, 0.1) is 5.39 Å². The van der Waals surface area contributed by atoms with E-state index in [1.807, 2.05) is 34.5 Å². The van der Waals surface area contributed by atoms with Crippen LogP contribution < -0.4 is 9.64 Å². The zero-order chi connectivity index (χ0) is 15.8. The Kier molecular flexibility index (Phi) is 3.46. The van der Waals surface area contributed by atoms with Crippen molar-refractivity contribution in [2.45, 2.75) is 19.4 Å². The minimum Gasteiger partial charge on any atom is -0.467 e. The van der Waals surface area contributed by atoms with Crippen molar-refractivity contribution in [1.29, 1.82) is 0 Å². The summed E-state index contributed by atoms with van der Waals surface area (Å²) in [5.41, 5.74) is 2.19. The molecule has 1 aliphatic rings. The summed E-state index contributed by atoms with van der Waals surface area (Å²) in [7, 11) is 0. The molecule has 0 aliphatic carbocycles. The van der Waals surface area contributed by atoms with Crippen LogP contribution in [0.25, 0.3) is 10.2 Å². The normalized spacial score (nSPS) is 16.6. The van der Waals surface area contributed by atoms with E-state index in [1.165, 1.54) is 23.2 Å². The average Bonchev–Trinajstić information content (AvgIpc) is 3.15. The Labute approximate surface area is 137 Å². The van der Waals surface area contributed by atoms with E-state index in [4.69, 9.17) is 4.74 Å². The van der Waals surface area contributed by atoms with Crippen LogP contribution in [-0.2, 0) is 11.2 Å². The molecule has 1 aliphatic heterocycles. The number of nitrogens with zero attached hydrogens (tertiary/aromatic N) is 3. The lowest BCUT2D eigenvalue weighted by Crippen LogP contribution is -2.39. The predicted octanol–water partition coefficient (Wildman–Crippen LogP) is 3.05. The van der Waals surface area contributed by atoms with Gasteiger partial charge in [-0.25, -0.2) is 9.97 Å². The summed E-state index contributed by atoms with van der Waals surface area (Å²) in [5.74, 6) is 0.411. The summed E-state index contributed by atoms with van der Waals surface area (Å²) in [6, 6.07) is 10.1. The molecule has 3 aromatic rings. The van der Waals surface area contributed by atoms with Gasteiger partial charge in [-0.15, -0.1) is 11.3 Å². The predicted molar refractivity (Wildman–Crippen MR) is 90.0 cm³/mol. The molecule has 0 fully saturated rings. The standard InChI is InChI=1S/C17H15N3O2S/c1-11-8-12-4-2-3-5-14(12)20(11)15(21)9-22-16-13-6-7-23-17(13)19-10-18-16/h2-7,10-11H,8-9H2,1H3/t11-/m0/s1.